The molecule has 7 nitrogen and oxygen atoms in total. The van der Waals surface area contributed by atoms with E-state index in [0.717, 1.165) is 23.4 Å². The second-order valence-electron chi connectivity index (χ2n) is 7.13. The van der Waals surface area contributed by atoms with Gasteiger partial charge in [0.05, 0.1) is 12.8 Å². The third-order valence-corrected chi connectivity index (χ3v) is 5.51. The molecule has 1 N–H and O–H groups in total. The Morgan fingerprint density at radius 1 is 1.18 bits per heavy atom. The number of nitrogens with one attached hydrogen (secondary N) is 1. The van der Waals surface area contributed by atoms with Crippen molar-refractivity contribution in [2.24, 2.45) is 0 Å². The van der Waals surface area contributed by atoms with E-state index in [0.29, 0.717) is 35.4 Å². The van der Waals surface area contributed by atoms with Crippen molar-refractivity contribution in [3.05, 3.63) is 82.9 Å². The van der Waals surface area contributed by atoms with Crippen LogP contribution in [0.4, 0.5) is 5.13 Å². The maximum atomic E-state index is 12.4. The number of methoxy groups -OCH3 is 1. The topological polar surface area (TPSA) is 93.5 Å². The zero-order valence-electron chi connectivity index (χ0n) is 19.0. The molecule has 0 radical (unpaired) electrons. The highest BCUT2D eigenvalue weighted by molar-refractivity contribution is 7.13. The Kier molecular flexibility index (Phi) is 8.83. The van der Waals surface area contributed by atoms with Crippen molar-refractivity contribution in [2.45, 2.75) is 13.3 Å². The van der Waals surface area contributed by atoms with Gasteiger partial charge in [0.1, 0.15) is 30.6 Å². The average molecular weight is 476 g/mol. The van der Waals surface area contributed by atoms with E-state index in [-0.39, 0.29) is 5.57 Å². The Morgan fingerprint density at radius 3 is 2.62 bits per heavy atom. The van der Waals surface area contributed by atoms with Gasteiger partial charge >= 0.3 is 0 Å². The Morgan fingerprint density at radius 2 is 1.94 bits per heavy atom. The third-order valence-electron chi connectivity index (χ3n) is 4.64. The first-order valence-electron chi connectivity index (χ1n) is 10.5. The van der Waals surface area contributed by atoms with Gasteiger partial charge in [-0.3, -0.25) is 10.1 Å². The van der Waals surface area contributed by atoms with Gasteiger partial charge in [0.2, 0.25) is 0 Å². The Labute approximate surface area is 202 Å². The van der Waals surface area contributed by atoms with Crippen molar-refractivity contribution in [2.75, 3.05) is 25.6 Å². The molecule has 1 aromatic heterocycles. The minimum Gasteiger partial charge on any atom is -0.493 e. The molecule has 0 fully saturated rings. The van der Waals surface area contributed by atoms with Crippen molar-refractivity contribution >= 4 is 28.5 Å². The number of nitriles is 1. The van der Waals surface area contributed by atoms with Gasteiger partial charge in [-0.05, 0) is 48.7 Å². The zero-order chi connectivity index (χ0) is 24.3. The van der Waals surface area contributed by atoms with Crippen LogP contribution in [0.3, 0.4) is 0 Å². The zero-order valence-corrected chi connectivity index (χ0v) is 19.9. The molecule has 8 heteroatoms. The lowest BCUT2D eigenvalue weighted by molar-refractivity contribution is -0.112. The molecule has 0 atom stereocenters. The first-order chi connectivity index (χ1) is 16.5. The number of amides is 1. The quantitative estimate of drug-likeness (QED) is 0.177. The van der Waals surface area contributed by atoms with Gasteiger partial charge in [-0.25, -0.2) is 4.98 Å². The summed E-state index contributed by atoms with van der Waals surface area (Å²) in [5.74, 6) is 1.29. The molecule has 0 bridgehead atoms. The molecule has 0 unspecified atom stereocenters. The molecular formula is C26H25N3O4S. The van der Waals surface area contributed by atoms with Crippen LogP contribution in [0.25, 0.3) is 6.08 Å². The number of para-hydroxylation sites is 1. The smallest absolute Gasteiger partial charge is 0.268 e. The van der Waals surface area contributed by atoms with Gasteiger partial charge < -0.3 is 14.2 Å². The Bertz CT molecular complexity index is 1230. The van der Waals surface area contributed by atoms with E-state index < -0.39 is 5.91 Å². The van der Waals surface area contributed by atoms with E-state index in [1.165, 1.54) is 24.5 Å². The number of nitrogens with zero attached hydrogens (tertiary/aromatic N) is 2. The number of aryl methyl sites for hydroxylation is 1. The van der Waals surface area contributed by atoms with Crippen molar-refractivity contribution in [1.82, 2.24) is 4.98 Å². The summed E-state index contributed by atoms with van der Waals surface area (Å²) in [5, 5.41) is 14.3. The Balaban J connectivity index is 1.62. The molecule has 174 valence electrons. The number of benzene rings is 2. The summed E-state index contributed by atoms with van der Waals surface area (Å²) < 4.78 is 17.1. The first-order valence-corrected chi connectivity index (χ1v) is 11.4. The summed E-state index contributed by atoms with van der Waals surface area (Å²) >= 11 is 1.30. The number of rotatable bonds is 11. The molecular weight excluding hydrogens is 450 g/mol. The molecule has 0 spiro atoms. The van der Waals surface area contributed by atoms with Crippen molar-refractivity contribution in [3.63, 3.8) is 0 Å². The van der Waals surface area contributed by atoms with Crippen molar-refractivity contribution in [1.29, 1.82) is 5.26 Å². The van der Waals surface area contributed by atoms with Gasteiger partial charge in [0.25, 0.3) is 5.91 Å². The van der Waals surface area contributed by atoms with E-state index in [1.54, 1.807) is 18.2 Å². The number of carbonyl (C=O) groups is 1. The number of ether oxygens (including phenoxy) is 3. The predicted molar refractivity (Wildman–Crippen MR) is 133 cm³/mol. The first kappa shape index (κ1) is 24.6. The molecule has 1 heterocycles. The minimum atomic E-state index is -0.523. The fraction of sp³-hybridized carbons (Fsp3) is 0.192. The maximum Gasteiger partial charge on any atom is 0.268 e. The van der Waals surface area contributed by atoms with Crippen LogP contribution in [0, 0.1) is 18.3 Å². The summed E-state index contributed by atoms with van der Waals surface area (Å²) in [5.41, 5.74) is 2.44. The molecule has 34 heavy (non-hydrogen) atoms. The largest absolute Gasteiger partial charge is 0.493 e. The normalized spacial score (nSPS) is 10.8. The van der Waals surface area contributed by atoms with Crippen LogP contribution < -0.4 is 19.5 Å². The lowest BCUT2D eigenvalue weighted by atomic mass is 10.1. The molecule has 2 aromatic carbocycles. The molecule has 0 aliphatic heterocycles. The summed E-state index contributed by atoms with van der Waals surface area (Å²) in [6.45, 7) is 6.27. The van der Waals surface area contributed by atoms with Gasteiger partial charge in [0.15, 0.2) is 16.6 Å². The third kappa shape index (κ3) is 6.70. The van der Waals surface area contributed by atoms with E-state index in [2.05, 4.69) is 16.9 Å². The average Bonchev–Trinajstić information content (AvgIpc) is 3.26. The van der Waals surface area contributed by atoms with Crippen LogP contribution in [-0.2, 0) is 11.2 Å². The summed E-state index contributed by atoms with van der Waals surface area (Å²) in [6, 6.07) is 14.9. The minimum absolute atomic E-state index is 0.0461. The predicted octanol–water partition coefficient (Wildman–Crippen LogP) is 5.19. The molecule has 0 saturated carbocycles. The van der Waals surface area contributed by atoms with E-state index in [9.17, 15) is 10.1 Å². The van der Waals surface area contributed by atoms with Gasteiger partial charge in [0, 0.05) is 5.38 Å². The number of hydrogen-bond donors (Lipinski definition) is 1. The summed E-state index contributed by atoms with van der Waals surface area (Å²) in [6.07, 6.45) is 4.05. The van der Waals surface area contributed by atoms with Crippen LogP contribution in [0.2, 0.25) is 0 Å². The van der Waals surface area contributed by atoms with E-state index >= 15 is 0 Å². The van der Waals surface area contributed by atoms with Crippen LogP contribution in [0.15, 0.2) is 66.1 Å². The summed E-state index contributed by atoms with van der Waals surface area (Å²) in [4.78, 5) is 16.6. The Hall–Kier alpha value is -4.09. The maximum absolute atomic E-state index is 12.4. The monoisotopic (exact) mass is 475 g/mol. The second-order valence-corrected chi connectivity index (χ2v) is 7.98. The van der Waals surface area contributed by atoms with Crippen LogP contribution in [-0.4, -0.2) is 31.2 Å². The highest BCUT2D eigenvalue weighted by Gasteiger charge is 2.13. The molecule has 0 saturated heterocycles. The highest BCUT2D eigenvalue weighted by Crippen LogP contribution is 2.29. The van der Waals surface area contributed by atoms with Gasteiger partial charge in [-0.15, -0.1) is 17.9 Å². The standard InChI is InChI=1S/C26H25N3O4S/c1-4-7-20-8-5-6-9-22(20)32-12-13-33-23-11-10-19(15-24(23)31-3)14-21(16-27)25(30)29-26-28-18(2)17-34-26/h4-6,8-11,14-15,17H,1,7,12-13H2,2-3H3,(H,28,29,30). The van der Waals surface area contributed by atoms with Gasteiger partial charge in [-0.1, -0.05) is 30.3 Å². The lowest BCUT2D eigenvalue weighted by Gasteiger charge is -2.13. The number of allylic oxidation sites excluding steroid dienone is 1. The molecule has 3 aromatic rings. The van der Waals surface area contributed by atoms with Crippen LogP contribution in [0.1, 0.15) is 16.8 Å². The van der Waals surface area contributed by atoms with Gasteiger partial charge in [-0.2, -0.15) is 5.26 Å². The lowest BCUT2D eigenvalue weighted by Crippen LogP contribution is -2.13. The van der Waals surface area contributed by atoms with Crippen LogP contribution in [0.5, 0.6) is 17.2 Å². The highest BCUT2D eigenvalue weighted by atomic mass is 32.1. The number of aromatic nitrogens is 1. The van der Waals surface area contributed by atoms with Crippen LogP contribution >= 0.6 is 11.3 Å². The van der Waals surface area contributed by atoms with E-state index in [4.69, 9.17) is 14.2 Å². The molecule has 1 amide bonds. The number of thiazole rings is 1. The SMILES string of the molecule is C=CCc1ccccc1OCCOc1ccc(C=C(C#N)C(=O)Nc2nc(C)cs2)cc1OC. The molecule has 3 rings (SSSR count). The van der Waals surface area contributed by atoms with E-state index in [1.807, 2.05) is 48.7 Å². The fourth-order valence-electron chi connectivity index (χ4n) is 3.06. The van der Waals surface area contributed by atoms with Crippen molar-refractivity contribution < 1.29 is 19.0 Å². The fourth-order valence-corrected chi connectivity index (χ4v) is 3.74. The molecule has 0 aliphatic carbocycles. The summed E-state index contributed by atoms with van der Waals surface area (Å²) in [7, 11) is 1.53. The second kappa shape index (κ2) is 12.2. The van der Waals surface area contributed by atoms with Crippen molar-refractivity contribution in [3.8, 4) is 23.3 Å². The number of anilines is 1. The molecule has 0 aliphatic rings. The number of hydrogen-bond acceptors (Lipinski definition) is 7. The number of carbonyl (C=O) groups excluding carboxylic acids is 1.